The highest BCUT2D eigenvalue weighted by Gasteiger charge is 2.32. The molecule has 32 heavy (non-hydrogen) atoms. The summed E-state index contributed by atoms with van der Waals surface area (Å²) < 4.78 is 0. The highest BCUT2D eigenvalue weighted by molar-refractivity contribution is 6.30. The first kappa shape index (κ1) is 21.9. The molecule has 4 rings (SSSR count). The molecule has 1 aliphatic rings. The van der Waals surface area contributed by atoms with Crippen molar-refractivity contribution < 1.29 is 9.59 Å². The molecule has 5 nitrogen and oxygen atoms in total. The molecule has 0 aliphatic carbocycles. The van der Waals surface area contributed by atoms with Gasteiger partial charge in [-0.3, -0.25) is 9.59 Å². The van der Waals surface area contributed by atoms with E-state index < -0.39 is 0 Å². The predicted molar refractivity (Wildman–Crippen MR) is 130 cm³/mol. The number of halogens is 1. The Labute approximate surface area is 193 Å². The zero-order valence-corrected chi connectivity index (χ0v) is 19.1. The van der Waals surface area contributed by atoms with E-state index >= 15 is 0 Å². The summed E-state index contributed by atoms with van der Waals surface area (Å²) in [5.41, 5.74) is 5.64. The number of nitrogens with one attached hydrogen (secondary N) is 2. The van der Waals surface area contributed by atoms with Crippen molar-refractivity contribution in [2.45, 2.75) is 32.4 Å². The minimum Gasteiger partial charge on any atom is -0.378 e. The molecule has 2 amide bonds. The van der Waals surface area contributed by atoms with E-state index in [9.17, 15) is 9.59 Å². The first-order chi connectivity index (χ1) is 15.4. The molecule has 0 saturated carbocycles. The number of nitrogens with zero attached hydrogens (tertiary/aromatic N) is 1. The normalized spacial score (nSPS) is 17.4. The number of carbonyl (C=O) groups is 2. The molecular formula is C26H26ClN3O2. The smallest absolute Gasteiger partial charge is 0.251 e. The number of rotatable bonds is 4. The van der Waals surface area contributed by atoms with Gasteiger partial charge in [0.2, 0.25) is 5.91 Å². The van der Waals surface area contributed by atoms with Gasteiger partial charge in [-0.2, -0.15) is 0 Å². The lowest BCUT2D eigenvalue weighted by Crippen LogP contribution is -2.43. The van der Waals surface area contributed by atoms with Gasteiger partial charge >= 0.3 is 0 Å². The van der Waals surface area contributed by atoms with Gasteiger partial charge in [-0.15, -0.1) is 0 Å². The summed E-state index contributed by atoms with van der Waals surface area (Å²) >= 11 is 6.04. The van der Waals surface area contributed by atoms with Gasteiger partial charge in [0.05, 0.1) is 6.04 Å². The number of amides is 2. The number of hydrogen-bond acceptors (Lipinski definition) is 3. The molecule has 0 spiro atoms. The van der Waals surface area contributed by atoms with Gasteiger partial charge in [-0.1, -0.05) is 29.8 Å². The highest BCUT2D eigenvalue weighted by Crippen LogP contribution is 2.41. The van der Waals surface area contributed by atoms with Crippen LogP contribution < -0.4 is 15.5 Å². The van der Waals surface area contributed by atoms with E-state index in [-0.39, 0.29) is 23.9 Å². The lowest BCUT2D eigenvalue weighted by molar-refractivity contribution is -0.117. The molecule has 0 unspecified atom stereocenters. The third kappa shape index (κ3) is 4.34. The van der Waals surface area contributed by atoms with E-state index in [1.807, 2.05) is 65.6 Å². The highest BCUT2D eigenvalue weighted by atomic mass is 35.5. The van der Waals surface area contributed by atoms with Crippen LogP contribution in [0.1, 0.15) is 42.2 Å². The Morgan fingerprint density at radius 1 is 0.969 bits per heavy atom. The van der Waals surface area contributed by atoms with Crippen molar-refractivity contribution in [2.75, 3.05) is 17.3 Å². The van der Waals surface area contributed by atoms with Gasteiger partial charge < -0.3 is 15.5 Å². The summed E-state index contributed by atoms with van der Waals surface area (Å²) in [6, 6.07) is 21.5. The first-order valence-corrected chi connectivity index (χ1v) is 11.0. The topological polar surface area (TPSA) is 61.4 Å². The molecular weight excluding hydrogens is 422 g/mol. The maximum atomic E-state index is 12.4. The Morgan fingerprint density at radius 2 is 1.62 bits per heavy atom. The van der Waals surface area contributed by atoms with Gasteiger partial charge in [0.15, 0.2) is 0 Å². The standard InChI is InChI=1S/C26H26ClN3O2/c1-16-14-24(29-22-11-9-21(27)10-12-22)23-15-20(8-13-25(23)30(16)17(2)31)18-4-6-19(7-5-18)26(32)28-3/h4-13,15-16,24,29H,14H2,1-3H3,(H,28,32)/t16-,24+/m0/s1. The Balaban J connectivity index is 1.73. The van der Waals surface area contributed by atoms with Crippen molar-refractivity contribution in [3.05, 3.63) is 82.9 Å². The van der Waals surface area contributed by atoms with E-state index in [0.29, 0.717) is 10.6 Å². The van der Waals surface area contributed by atoms with Crippen molar-refractivity contribution in [1.82, 2.24) is 5.32 Å². The van der Waals surface area contributed by atoms with E-state index in [0.717, 1.165) is 34.5 Å². The number of hydrogen-bond donors (Lipinski definition) is 2. The average molecular weight is 448 g/mol. The Kier molecular flexibility index (Phi) is 6.19. The van der Waals surface area contributed by atoms with Crippen LogP contribution in [0.5, 0.6) is 0 Å². The average Bonchev–Trinajstić information content (AvgIpc) is 2.79. The third-order valence-corrected chi connectivity index (χ3v) is 6.16. The molecule has 0 fully saturated rings. The van der Waals surface area contributed by atoms with Crippen molar-refractivity contribution in [2.24, 2.45) is 0 Å². The molecule has 1 aliphatic heterocycles. The van der Waals surface area contributed by atoms with Gasteiger partial charge in [-0.25, -0.2) is 0 Å². The first-order valence-electron chi connectivity index (χ1n) is 10.7. The third-order valence-electron chi connectivity index (χ3n) is 5.91. The summed E-state index contributed by atoms with van der Waals surface area (Å²) in [5, 5.41) is 6.95. The summed E-state index contributed by atoms with van der Waals surface area (Å²) in [4.78, 5) is 26.1. The van der Waals surface area contributed by atoms with Crippen LogP contribution in [0, 0.1) is 0 Å². The summed E-state index contributed by atoms with van der Waals surface area (Å²) in [6.45, 7) is 3.69. The fraction of sp³-hybridized carbons (Fsp3) is 0.231. The van der Waals surface area contributed by atoms with E-state index in [4.69, 9.17) is 11.6 Å². The van der Waals surface area contributed by atoms with Crippen LogP contribution in [0.25, 0.3) is 11.1 Å². The lowest BCUT2D eigenvalue weighted by Gasteiger charge is -2.39. The van der Waals surface area contributed by atoms with Crippen LogP contribution in [0.4, 0.5) is 11.4 Å². The SMILES string of the molecule is CNC(=O)c1ccc(-c2ccc3c(c2)[C@H](Nc2ccc(Cl)cc2)C[C@H](C)N3C(C)=O)cc1. The van der Waals surface area contributed by atoms with Crippen LogP contribution in [0.15, 0.2) is 66.7 Å². The van der Waals surface area contributed by atoms with Crippen LogP contribution >= 0.6 is 11.6 Å². The zero-order valence-electron chi connectivity index (χ0n) is 18.4. The molecule has 164 valence electrons. The fourth-order valence-corrected chi connectivity index (χ4v) is 4.49. The molecule has 2 atom stereocenters. The van der Waals surface area contributed by atoms with Crippen LogP contribution in [0.2, 0.25) is 5.02 Å². The molecule has 0 aromatic heterocycles. The van der Waals surface area contributed by atoms with Crippen molar-refractivity contribution >= 4 is 34.8 Å². The summed E-state index contributed by atoms with van der Waals surface area (Å²) in [6.07, 6.45) is 0.786. The monoisotopic (exact) mass is 447 g/mol. The Morgan fingerprint density at radius 3 is 2.25 bits per heavy atom. The van der Waals surface area contributed by atoms with Gasteiger partial charge in [-0.05, 0) is 78.6 Å². The molecule has 2 N–H and O–H groups in total. The zero-order chi connectivity index (χ0) is 22.8. The van der Waals surface area contributed by atoms with Crippen molar-refractivity contribution in [1.29, 1.82) is 0 Å². The fourth-order valence-electron chi connectivity index (χ4n) is 4.37. The maximum absolute atomic E-state index is 12.4. The molecule has 0 radical (unpaired) electrons. The van der Waals surface area contributed by atoms with Gasteiger partial charge in [0, 0.05) is 42.0 Å². The second kappa shape index (κ2) is 9.05. The lowest BCUT2D eigenvalue weighted by atomic mass is 9.88. The molecule has 3 aromatic carbocycles. The van der Waals surface area contributed by atoms with E-state index in [1.54, 1.807) is 14.0 Å². The second-order valence-corrected chi connectivity index (χ2v) is 8.54. The van der Waals surface area contributed by atoms with Gasteiger partial charge in [0.1, 0.15) is 0 Å². The number of anilines is 2. The van der Waals surface area contributed by atoms with E-state index in [1.165, 1.54) is 0 Å². The minimum absolute atomic E-state index is 0.0337. The molecule has 3 aromatic rings. The van der Waals surface area contributed by atoms with Crippen LogP contribution in [0.3, 0.4) is 0 Å². The van der Waals surface area contributed by atoms with Crippen LogP contribution in [-0.2, 0) is 4.79 Å². The molecule has 0 bridgehead atoms. The number of benzene rings is 3. The Hall–Kier alpha value is -3.31. The molecule has 6 heteroatoms. The van der Waals surface area contributed by atoms with E-state index in [2.05, 4.69) is 23.6 Å². The summed E-state index contributed by atoms with van der Waals surface area (Å²) in [7, 11) is 1.62. The van der Waals surface area contributed by atoms with Crippen molar-refractivity contribution in [3.8, 4) is 11.1 Å². The number of fused-ring (bicyclic) bond motifs is 1. The quantitative estimate of drug-likeness (QED) is 0.542. The van der Waals surface area contributed by atoms with Gasteiger partial charge in [0.25, 0.3) is 5.91 Å². The summed E-state index contributed by atoms with van der Waals surface area (Å²) in [5.74, 6) is -0.0771. The molecule has 1 heterocycles. The predicted octanol–water partition coefficient (Wildman–Crippen LogP) is 5.66. The van der Waals surface area contributed by atoms with Crippen LogP contribution in [-0.4, -0.2) is 24.9 Å². The Bertz CT molecular complexity index is 1140. The maximum Gasteiger partial charge on any atom is 0.251 e. The minimum atomic E-state index is -0.111. The number of carbonyl (C=O) groups excluding carboxylic acids is 2. The van der Waals surface area contributed by atoms with Crippen molar-refractivity contribution in [3.63, 3.8) is 0 Å². The molecule has 0 saturated heterocycles. The second-order valence-electron chi connectivity index (χ2n) is 8.11. The largest absolute Gasteiger partial charge is 0.378 e.